The van der Waals surface area contributed by atoms with Gasteiger partial charge in [-0.3, -0.25) is 9.59 Å². The van der Waals surface area contributed by atoms with Gasteiger partial charge in [-0.05, 0) is 62.1 Å². The Labute approximate surface area is 216 Å². The second kappa shape index (κ2) is 10.1. The molecule has 1 saturated carbocycles. The van der Waals surface area contributed by atoms with Gasteiger partial charge in [-0.25, -0.2) is 9.78 Å². The van der Waals surface area contributed by atoms with Gasteiger partial charge < -0.3 is 29.7 Å². The third-order valence-electron chi connectivity index (χ3n) is 8.68. The maximum Gasteiger partial charge on any atom is 0.308 e. The highest BCUT2D eigenvalue weighted by Crippen LogP contribution is 2.60. The number of fused-ring (bicyclic) bond motifs is 2. The molecule has 1 spiro atoms. The van der Waals surface area contributed by atoms with Crippen molar-refractivity contribution < 1.29 is 43.8 Å². The van der Waals surface area contributed by atoms with Gasteiger partial charge in [-0.2, -0.15) is 0 Å². The summed E-state index contributed by atoms with van der Waals surface area (Å²) in [4.78, 5) is 36.8. The molecule has 3 N–H and O–H groups in total. The van der Waals surface area contributed by atoms with Crippen LogP contribution in [0.4, 0.5) is 0 Å². The molecule has 4 aliphatic heterocycles. The molecular formula is C27H37NO9. The van der Waals surface area contributed by atoms with Crippen molar-refractivity contribution >= 4 is 11.9 Å². The van der Waals surface area contributed by atoms with Gasteiger partial charge in [-0.15, -0.1) is 0 Å². The van der Waals surface area contributed by atoms with Crippen molar-refractivity contribution in [2.45, 2.75) is 89.7 Å². The Hall–Kier alpha value is -2.40. The van der Waals surface area contributed by atoms with E-state index in [4.69, 9.17) is 24.0 Å². The second-order valence-electron chi connectivity index (χ2n) is 11.2. The van der Waals surface area contributed by atoms with Gasteiger partial charge in [0.2, 0.25) is 18.0 Å². The SMILES string of the molecule is C[C@H]1[C@H](OC(=O)CCC(=O)NCCc2ccc(O)c(O)c2)O[C@@H]2O[C@@]3(C)CC[C@H]4[C@H](C)CC[C@@H]1[C@]24OO3. The number of aromatic hydroxyl groups is 2. The van der Waals surface area contributed by atoms with E-state index >= 15 is 0 Å². The number of hydrogen-bond donors (Lipinski definition) is 3. The summed E-state index contributed by atoms with van der Waals surface area (Å²) in [7, 11) is 0. The van der Waals surface area contributed by atoms with Gasteiger partial charge >= 0.3 is 5.97 Å². The predicted molar refractivity (Wildman–Crippen MR) is 129 cm³/mol. The van der Waals surface area contributed by atoms with Crippen molar-refractivity contribution in [3.63, 3.8) is 0 Å². The van der Waals surface area contributed by atoms with Crippen LogP contribution in [0.2, 0.25) is 0 Å². The van der Waals surface area contributed by atoms with Crippen molar-refractivity contribution in [2.24, 2.45) is 23.7 Å². The van der Waals surface area contributed by atoms with Crippen molar-refractivity contribution in [3.8, 4) is 11.5 Å². The summed E-state index contributed by atoms with van der Waals surface area (Å²) in [6.07, 6.45) is 2.50. The summed E-state index contributed by atoms with van der Waals surface area (Å²) in [5.74, 6) is -1.47. The van der Waals surface area contributed by atoms with Crippen LogP contribution >= 0.6 is 0 Å². The molecule has 204 valence electrons. The van der Waals surface area contributed by atoms with Crippen LogP contribution < -0.4 is 5.32 Å². The van der Waals surface area contributed by atoms with Crippen LogP contribution in [0, 0.1) is 23.7 Å². The van der Waals surface area contributed by atoms with Gasteiger partial charge in [0.15, 0.2) is 23.4 Å². The molecule has 10 nitrogen and oxygen atoms in total. The van der Waals surface area contributed by atoms with Gasteiger partial charge in [0.1, 0.15) is 0 Å². The van der Waals surface area contributed by atoms with Crippen LogP contribution in [0.15, 0.2) is 18.2 Å². The second-order valence-corrected chi connectivity index (χ2v) is 11.2. The third-order valence-corrected chi connectivity index (χ3v) is 8.68. The monoisotopic (exact) mass is 519 g/mol. The molecule has 0 radical (unpaired) electrons. The van der Waals surface area contributed by atoms with Gasteiger partial charge in [0.25, 0.3) is 0 Å². The van der Waals surface area contributed by atoms with E-state index in [1.807, 2.05) is 13.8 Å². The molecule has 1 amide bonds. The van der Waals surface area contributed by atoms with Gasteiger partial charge in [-0.1, -0.05) is 19.9 Å². The molecule has 8 atom stereocenters. The summed E-state index contributed by atoms with van der Waals surface area (Å²) >= 11 is 0. The number of hydrogen-bond acceptors (Lipinski definition) is 9. The summed E-state index contributed by atoms with van der Waals surface area (Å²) in [5, 5.41) is 21.7. The number of carbonyl (C=O) groups is 2. The first kappa shape index (κ1) is 26.2. The molecule has 0 unspecified atom stereocenters. The Morgan fingerprint density at radius 3 is 2.68 bits per heavy atom. The first-order chi connectivity index (χ1) is 17.6. The Morgan fingerprint density at radius 2 is 1.89 bits per heavy atom. The minimum Gasteiger partial charge on any atom is -0.504 e. The van der Waals surface area contributed by atoms with Crippen LogP contribution in [0.25, 0.3) is 0 Å². The number of carbonyl (C=O) groups excluding carboxylic acids is 2. The lowest BCUT2D eigenvalue weighted by Gasteiger charge is -2.59. The molecule has 10 heteroatoms. The van der Waals surface area contributed by atoms with E-state index in [1.54, 1.807) is 6.07 Å². The standard InChI is InChI=1S/C27H37NO9/c1-15-4-6-19-16(2)24(34-25-27(19)18(15)10-12-26(3,35-25)36-37-27)33-23(32)9-8-22(31)28-13-11-17-5-7-20(29)21(30)14-17/h5,7,14-16,18-19,24-25,29-30H,4,6,8-13H2,1-3H3,(H,28,31)/t15-,16-,18+,19+,24-,25-,26-,27+/m1/s1. The fourth-order valence-corrected chi connectivity index (χ4v) is 6.57. The average Bonchev–Trinajstić information content (AvgIpc) is 3.09. The number of ether oxygens (including phenoxy) is 3. The van der Waals surface area contributed by atoms with Crippen LogP contribution in [0.3, 0.4) is 0 Å². The highest BCUT2D eigenvalue weighted by molar-refractivity contribution is 5.81. The highest BCUT2D eigenvalue weighted by Gasteiger charge is 2.69. The lowest BCUT2D eigenvalue weighted by atomic mass is 9.58. The summed E-state index contributed by atoms with van der Waals surface area (Å²) < 4.78 is 18.3. The molecule has 0 aromatic heterocycles. The zero-order valence-electron chi connectivity index (χ0n) is 21.6. The first-order valence-corrected chi connectivity index (χ1v) is 13.3. The zero-order valence-corrected chi connectivity index (χ0v) is 21.6. The third kappa shape index (κ3) is 4.92. The number of phenols is 2. The molecule has 2 bridgehead atoms. The molecule has 1 aromatic carbocycles. The van der Waals surface area contributed by atoms with E-state index in [-0.39, 0.29) is 48.0 Å². The Kier molecular flexibility index (Phi) is 7.12. The highest BCUT2D eigenvalue weighted by atomic mass is 17.3. The molecule has 5 aliphatic rings. The Balaban J connectivity index is 1.14. The molecule has 6 rings (SSSR count). The quantitative estimate of drug-likeness (QED) is 0.282. The van der Waals surface area contributed by atoms with Crippen LogP contribution in [0.1, 0.15) is 64.9 Å². The van der Waals surface area contributed by atoms with Crippen molar-refractivity contribution in [2.75, 3.05) is 6.54 Å². The van der Waals surface area contributed by atoms with Gasteiger partial charge in [0, 0.05) is 31.2 Å². The minimum atomic E-state index is -0.899. The number of phenolic OH excluding ortho intramolecular Hbond substituents is 2. The number of rotatable bonds is 7. The van der Waals surface area contributed by atoms with E-state index < -0.39 is 29.9 Å². The van der Waals surface area contributed by atoms with Crippen molar-refractivity contribution in [3.05, 3.63) is 23.8 Å². The molecule has 4 saturated heterocycles. The molecule has 1 aliphatic carbocycles. The molecule has 4 heterocycles. The number of esters is 1. The van der Waals surface area contributed by atoms with Gasteiger partial charge in [0.05, 0.1) is 6.42 Å². The van der Waals surface area contributed by atoms with E-state index in [0.717, 1.165) is 24.8 Å². The van der Waals surface area contributed by atoms with E-state index in [2.05, 4.69) is 12.2 Å². The molecule has 1 aromatic rings. The van der Waals surface area contributed by atoms with Crippen molar-refractivity contribution in [1.29, 1.82) is 0 Å². The van der Waals surface area contributed by atoms with Crippen LogP contribution in [0.5, 0.6) is 11.5 Å². The average molecular weight is 520 g/mol. The zero-order chi connectivity index (χ0) is 26.4. The van der Waals surface area contributed by atoms with E-state index in [9.17, 15) is 19.8 Å². The summed E-state index contributed by atoms with van der Waals surface area (Å²) in [6.45, 7) is 6.44. The summed E-state index contributed by atoms with van der Waals surface area (Å²) in [6, 6.07) is 4.52. The van der Waals surface area contributed by atoms with Crippen LogP contribution in [-0.2, 0) is 40.0 Å². The smallest absolute Gasteiger partial charge is 0.308 e. The fraction of sp³-hybridized carbons (Fsp3) is 0.704. The lowest BCUT2D eigenvalue weighted by molar-refractivity contribution is -0.576. The maximum absolute atomic E-state index is 12.7. The predicted octanol–water partition coefficient (Wildman–Crippen LogP) is 3.29. The molecule has 37 heavy (non-hydrogen) atoms. The van der Waals surface area contributed by atoms with E-state index in [0.29, 0.717) is 25.3 Å². The largest absolute Gasteiger partial charge is 0.504 e. The Bertz CT molecular complexity index is 1030. The Morgan fingerprint density at radius 1 is 1.08 bits per heavy atom. The van der Waals surface area contributed by atoms with Crippen molar-refractivity contribution in [1.82, 2.24) is 5.32 Å². The molecule has 5 fully saturated rings. The topological polar surface area (TPSA) is 133 Å². The number of benzene rings is 1. The maximum atomic E-state index is 12.7. The number of nitrogens with one attached hydrogen (secondary N) is 1. The summed E-state index contributed by atoms with van der Waals surface area (Å²) in [5.41, 5.74) is 0.0534. The normalized spacial score (nSPS) is 38.4. The van der Waals surface area contributed by atoms with Crippen LogP contribution in [-0.4, -0.2) is 52.6 Å². The van der Waals surface area contributed by atoms with E-state index in [1.165, 1.54) is 12.1 Å². The minimum absolute atomic E-state index is 0.0112. The number of amides is 1. The first-order valence-electron chi connectivity index (χ1n) is 13.3. The lowest BCUT2D eigenvalue weighted by Crippen LogP contribution is -2.70. The molecular weight excluding hydrogens is 482 g/mol. The fourth-order valence-electron chi connectivity index (χ4n) is 6.57.